The molecule has 0 N–H and O–H groups in total. The molecule has 1 rings (SSSR count). The van der Waals surface area contributed by atoms with Crippen molar-refractivity contribution in [3.63, 3.8) is 0 Å². The summed E-state index contributed by atoms with van der Waals surface area (Å²) in [5.41, 5.74) is 0.571. The van der Waals surface area contributed by atoms with E-state index >= 15 is 0 Å². The van der Waals surface area contributed by atoms with Gasteiger partial charge in [0, 0.05) is 0 Å². The van der Waals surface area contributed by atoms with Gasteiger partial charge in [-0.15, -0.1) is 0 Å². The van der Waals surface area contributed by atoms with Gasteiger partial charge in [0.1, 0.15) is 11.3 Å². The Balaban J connectivity index is 2.96. The first-order valence-corrected chi connectivity index (χ1v) is 8.70. The lowest BCUT2D eigenvalue weighted by molar-refractivity contribution is -0.150. The number of hydrogen-bond acceptors (Lipinski definition) is 5. The van der Waals surface area contributed by atoms with E-state index < -0.39 is 11.9 Å². The Morgan fingerprint density at radius 3 is 1.92 bits per heavy atom. The van der Waals surface area contributed by atoms with Crippen molar-refractivity contribution < 1.29 is 23.8 Å². The fourth-order valence-corrected chi connectivity index (χ4v) is 1.92. The van der Waals surface area contributed by atoms with Gasteiger partial charge >= 0.3 is 11.9 Å². The van der Waals surface area contributed by atoms with Crippen molar-refractivity contribution in [3.05, 3.63) is 35.4 Å². The molecule has 0 saturated carbocycles. The Labute approximate surface area is 150 Å². The van der Waals surface area contributed by atoms with E-state index in [-0.39, 0.29) is 17.8 Å². The highest BCUT2D eigenvalue weighted by molar-refractivity contribution is 6.17. The number of esters is 2. The average Bonchev–Trinajstić information content (AvgIpc) is 2.52. The molecule has 0 spiro atoms. The molecule has 0 fully saturated rings. The van der Waals surface area contributed by atoms with E-state index in [0.29, 0.717) is 12.2 Å². The molecule has 0 aliphatic rings. The van der Waals surface area contributed by atoms with Crippen LogP contribution < -0.4 is 4.74 Å². The highest BCUT2D eigenvalue weighted by Crippen LogP contribution is 2.17. The molecule has 1 aromatic carbocycles. The second kappa shape index (κ2) is 10.5. The van der Waals surface area contributed by atoms with Gasteiger partial charge in [0.25, 0.3) is 0 Å². The van der Waals surface area contributed by atoms with Gasteiger partial charge in [-0.3, -0.25) is 0 Å². The molecule has 0 saturated heterocycles. The summed E-state index contributed by atoms with van der Waals surface area (Å²) in [5, 5.41) is 0. The number of carbonyl (C=O) groups is 2. The minimum absolute atomic E-state index is 0.123. The fourth-order valence-electron chi connectivity index (χ4n) is 1.92. The maximum Gasteiger partial charge on any atom is 0.345 e. The van der Waals surface area contributed by atoms with E-state index in [0.717, 1.165) is 18.6 Å². The van der Waals surface area contributed by atoms with Gasteiger partial charge in [-0.1, -0.05) is 25.5 Å². The third-order valence-electron chi connectivity index (χ3n) is 3.08. The van der Waals surface area contributed by atoms with Gasteiger partial charge in [-0.25, -0.2) is 9.59 Å². The second-order valence-corrected chi connectivity index (χ2v) is 6.24. The van der Waals surface area contributed by atoms with Crippen molar-refractivity contribution in [1.82, 2.24) is 0 Å². The summed E-state index contributed by atoms with van der Waals surface area (Å²) in [6, 6.07) is 7.18. The maximum absolute atomic E-state index is 12.2. The van der Waals surface area contributed by atoms with E-state index in [2.05, 4.69) is 6.92 Å². The van der Waals surface area contributed by atoms with Gasteiger partial charge in [-0.2, -0.15) is 0 Å². The topological polar surface area (TPSA) is 61.8 Å². The second-order valence-electron chi connectivity index (χ2n) is 6.24. The molecule has 0 heterocycles. The lowest BCUT2D eigenvalue weighted by Crippen LogP contribution is -2.23. The number of benzene rings is 1. The summed E-state index contributed by atoms with van der Waals surface area (Å²) < 4.78 is 15.9. The summed E-state index contributed by atoms with van der Waals surface area (Å²) in [5.74, 6) is -0.630. The molecule has 25 heavy (non-hydrogen) atoms. The first kappa shape index (κ1) is 20.7. The summed E-state index contributed by atoms with van der Waals surface area (Å²) in [6.07, 6.45) is 2.90. The minimum atomic E-state index is -0.691. The lowest BCUT2D eigenvalue weighted by Gasteiger charge is -2.13. The Morgan fingerprint density at radius 1 is 0.960 bits per heavy atom. The van der Waals surface area contributed by atoms with Crippen LogP contribution in [-0.2, 0) is 19.1 Å². The molecule has 0 bridgehead atoms. The van der Waals surface area contributed by atoms with E-state index in [9.17, 15) is 9.59 Å². The first-order chi connectivity index (χ1) is 11.8. The van der Waals surface area contributed by atoms with Crippen LogP contribution in [0.25, 0.3) is 6.08 Å². The van der Waals surface area contributed by atoms with Crippen molar-refractivity contribution >= 4 is 18.0 Å². The third kappa shape index (κ3) is 7.88. The first-order valence-electron chi connectivity index (χ1n) is 8.70. The molecule has 0 aliphatic carbocycles. The van der Waals surface area contributed by atoms with Crippen LogP contribution in [0.3, 0.4) is 0 Å². The van der Waals surface area contributed by atoms with Crippen LogP contribution in [0.15, 0.2) is 29.8 Å². The smallest absolute Gasteiger partial charge is 0.345 e. The predicted molar refractivity (Wildman–Crippen MR) is 97.3 cm³/mol. The molecule has 0 amide bonds. The standard InChI is InChI=1S/C20H28O5/c1-6-7-12-23-17-10-8-16(9-11-17)13-18(19(21)24-14(2)3)20(22)25-15(4)5/h8-11,13-15H,6-7,12H2,1-5H3. The number of rotatable bonds is 9. The van der Waals surface area contributed by atoms with Gasteiger partial charge in [0.05, 0.1) is 18.8 Å². The van der Waals surface area contributed by atoms with E-state index in [4.69, 9.17) is 14.2 Å². The molecule has 0 radical (unpaired) electrons. The molecular formula is C20H28O5. The number of ether oxygens (including phenoxy) is 3. The lowest BCUT2D eigenvalue weighted by atomic mass is 10.1. The maximum atomic E-state index is 12.2. The SMILES string of the molecule is CCCCOc1ccc(C=C(C(=O)OC(C)C)C(=O)OC(C)C)cc1. The van der Waals surface area contributed by atoms with Crippen LogP contribution in [0, 0.1) is 0 Å². The van der Waals surface area contributed by atoms with Gasteiger partial charge in [0.2, 0.25) is 0 Å². The summed E-state index contributed by atoms with van der Waals surface area (Å²) >= 11 is 0. The third-order valence-corrected chi connectivity index (χ3v) is 3.08. The average molecular weight is 348 g/mol. The molecule has 138 valence electrons. The highest BCUT2D eigenvalue weighted by Gasteiger charge is 2.23. The summed E-state index contributed by atoms with van der Waals surface area (Å²) in [4.78, 5) is 24.4. The van der Waals surface area contributed by atoms with E-state index in [1.54, 1.807) is 52.0 Å². The van der Waals surface area contributed by atoms with E-state index in [1.165, 1.54) is 6.08 Å². The molecule has 0 aliphatic heterocycles. The van der Waals surface area contributed by atoms with Gasteiger partial charge in [-0.05, 0) is 57.9 Å². The van der Waals surface area contributed by atoms with Crippen LogP contribution in [-0.4, -0.2) is 30.8 Å². The van der Waals surface area contributed by atoms with E-state index in [1.807, 2.05) is 0 Å². The largest absolute Gasteiger partial charge is 0.494 e. The minimum Gasteiger partial charge on any atom is -0.494 e. The molecule has 0 atom stereocenters. The van der Waals surface area contributed by atoms with Crippen LogP contribution in [0.2, 0.25) is 0 Å². The number of hydrogen-bond donors (Lipinski definition) is 0. The Morgan fingerprint density at radius 2 is 1.48 bits per heavy atom. The van der Waals surface area contributed by atoms with Crippen molar-refractivity contribution in [2.24, 2.45) is 0 Å². The van der Waals surface area contributed by atoms with Crippen molar-refractivity contribution in [1.29, 1.82) is 0 Å². The highest BCUT2D eigenvalue weighted by atomic mass is 16.6. The number of unbranched alkanes of at least 4 members (excludes halogenated alkanes) is 1. The van der Waals surface area contributed by atoms with Crippen molar-refractivity contribution in [2.45, 2.75) is 59.7 Å². The normalized spacial score (nSPS) is 10.5. The fraction of sp³-hybridized carbons (Fsp3) is 0.500. The van der Waals surface area contributed by atoms with Crippen molar-refractivity contribution in [2.75, 3.05) is 6.61 Å². The summed E-state index contributed by atoms with van der Waals surface area (Å²) in [6.45, 7) is 9.68. The molecule has 0 aromatic heterocycles. The van der Waals surface area contributed by atoms with Gasteiger partial charge < -0.3 is 14.2 Å². The quantitative estimate of drug-likeness (QED) is 0.220. The molecule has 5 nitrogen and oxygen atoms in total. The summed E-state index contributed by atoms with van der Waals surface area (Å²) in [7, 11) is 0. The Hall–Kier alpha value is -2.30. The number of carbonyl (C=O) groups excluding carboxylic acids is 2. The molecule has 5 heteroatoms. The van der Waals surface area contributed by atoms with Crippen molar-refractivity contribution in [3.8, 4) is 5.75 Å². The van der Waals surface area contributed by atoms with Crippen LogP contribution in [0.1, 0.15) is 53.0 Å². The van der Waals surface area contributed by atoms with Gasteiger partial charge in [0.15, 0.2) is 0 Å². The molecule has 0 unspecified atom stereocenters. The zero-order valence-corrected chi connectivity index (χ0v) is 15.7. The van der Waals surface area contributed by atoms with Crippen LogP contribution >= 0.6 is 0 Å². The monoisotopic (exact) mass is 348 g/mol. The Bertz CT molecular complexity index is 561. The zero-order valence-electron chi connectivity index (χ0n) is 15.7. The predicted octanol–water partition coefficient (Wildman–Crippen LogP) is 4.15. The molecular weight excluding hydrogens is 320 g/mol. The molecule has 1 aromatic rings. The van der Waals surface area contributed by atoms with Crippen LogP contribution in [0.4, 0.5) is 0 Å². The zero-order chi connectivity index (χ0) is 18.8. The Kier molecular flexibility index (Phi) is 8.75. The van der Waals surface area contributed by atoms with Crippen LogP contribution in [0.5, 0.6) is 5.75 Å².